The number of nitrogens with one attached hydrogen (secondary N) is 2. The van der Waals surface area contributed by atoms with Gasteiger partial charge in [-0.05, 0) is 43.3 Å². The molecule has 1 aromatic heterocycles. The number of hydrogen-bond donors (Lipinski definition) is 2. The van der Waals surface area contributed by atoms with E-state index in [1.807, 2.05) is 13.0 Å². The second-order valence-electron chi connectivity index (χ2n) is 6.62. The van der Waals surface area contributed by atoms with Crippen LogP contribution in [0.15, 0.2) is 53.3 Å². The highest BCUT2D eigenvalue weighted by Gasteiger charge is 2.15. The van der Waals surface area contributed by atoms with Crippen LogP contribution in [-0.4, -0.2) is 35.0 Å². The summed E-state index contributed by atoms with van der Waals surface area (Å²) in [6.45, 7) is 2.30. The van der Waals surface area contributed by atoms with Crippen LogP contribution in [0.2, 0.25) is 0 Å². The van der Waals surface area contributed by atoms with Crippen LogP contribution >= 0.6 is 0 Å². The van der Waals surface area contributed by atoms with Gasteiger partial charge in [0.1, 0.15) is 18.0 Å². The SMILES string of the molecule is CCOc1ccc(NC(=O)Cn2c(=O)c(CCC(=O)NC)nc3ccccc32)cc1. The Hall–Kier alpha value is -3.68. The maximum Gasteiger partial charge on any atom is 0.273 e. The van der Waals surface area contributed by atoms with Gasteiger partial charge in [-0.2, -0.15) is 0 Å². The van der Waals surface area contributed by atoms with Crippen LogP contribution < -0.4 is 20.9 Å². The van der Waals surface area contributed by atoms with Crippen molar-refractivity contribution in [2.75, 3.05) is 19.0 Å². The molecule has 0 aliphatic rings. The van der Waals surface area contributed by atoms with E-state index in [4.69, 9.17) is 4.74 Å². The van der Waals surface area contributed by atoms with E-state index in [2.05, 4.69) is 15.6 Å². The fraction of sp³-hybridized carbons (Fsp3) is 0.273. The summed E-state index contributed by atoms with van der Waals surface area (Å²) in [7, 11) is 1.54. The summed E-state index contributed by atoms with van der Waals surface area (Å²) in [5, 5.41) is 5.32. The molecule has 156 valence electrons. The quantitative estimate of drug-likeness (QED) is 0.594. The average molecular weight is 408 g/mol. The molecule has 2 N–H and O–H groups in total. The summed E-state index contributed by atoms with van der Waals surface area (Å²) in [6, 6.07) is 14.1. The fourth-order valence-electron chi connectivity index (χ4n) is 3.07. The molecule has 0 saturated carbocycles. The highest BCUT2D eigenvalue weighted by Crippen LogP contribution is 2.16. The number of carbonyl (C=O) groups excluding carboxylic acids is 2. The van der Waals surface area contributed by atoms with Crippen molar-refractivity contribution in [3.05, 3.63) is 64.6 Å². The number of anilines is 1. The zero-order chi connectivity index (χ0) is 21.5. The summed E-state index contributed by atoms with van der Waals surface area (Å²) >= 11 is 0. The van der Waals surface area contributed by atoms with Crippen LogP contribution in [0.1, 0.15) is 19.0 Å². The van der Waals surface area contributed by atoms with E-state index in [0.29, 0.717) is 29.1 Å². The van der Waals surface area contributed by atoms with Crippen molar-refractivity contribution in [3.8, 4) is 5.75 Å². The molecule has 3 rings (SSSR count). The van der Waals surface area contributed by atoms with Crippen molar-refractivity contribution >= 4 is 28.5 Å². The number of para-hydroxylation sites is 2. The van der Waals surface area contributed by atoms with Crippen LogP contribution in [0.4, 0.5) is 5.69 Å². The highest BCUT2D eigenvalue weighted by molar-refractivity contribution is 5.91. The Balaban J connectivity index is 1.84. The molecule has 0 aliphatic carbocycles. The number of aryl methyl sites for hydroxylation is 1. The number of hydrogen-bond acceptors (Lipinski definition) is 5. The Bertz CT molecular complexity index is 1110. The predicted octanol–water partition coefficient (Wildman–Crippen LogP) is 2.11. The topological polar surface area (TPSA) is 102 Å². The maximum atomic E-state index is 13.0. The molecule has 0 radical (unpaired) electrons. The molecule has 0 saturated heterocycles. The first-order chi connectivity index (χ1) is 14.5. The minimum absolute atomic E-state index is 0.148. The number of carbonyl (C=O) groups is 2. The van der Waals surface area contributed by atoms with Crippen molar-refractivity contribution < 1.29 is 14.3 Å². The first-order valence-electron chi connectivity index (χ1n) is 9.73. The number of benzene rings is 2. The second kappa shape index (κ2) is 9.69. The molecule has 0 unspecified atom stereocenters. The molecule has 0 atom stereocenters. The van der Waals surface area contributed by atoms with Gasteiger partial charge in [0.05, 0.1) is 17.6 Å². The molecule has 30 heavy (non-hydrogen) atoms. The van der Waals surface area contributed by atoms with Crippen molar-refractivity contribution in [2.24, 2.45) is 0 Å². The van der Waals surface area contributed by atoms with Crippen LogP contribution in [0.25, 0.3) is 11.0 Å². The molecule has 3 aromatic rings. The maximum absolute atomic E-state index is 13.0. The van der Waals surface area contributed by atoms with Gasteiger partial charge < -0.3 is 15.4 Å². The smallest absolute Gasteiger partial charge is 0.273 e. The molecule has 2 aromatic carbocycles. The van der Waals surface area contributed by atoms with E-state index < -0.39 is 0 Å². The van der Waals surface area contributed by atoms with Crippen molar-refractivity contribution in [1.82, 2.24) is 14.9 Å². The highest BCUT2D eigenvalue weighted by atomic mass is 16.5. The van der Waals surface area contributed by atoms with E-state index in [9.17, 15) is 14.4 Å². The normalized spacial score (nSPS) is 10.6. The van der Waals surface area contributed by atoms with Crippen LogP contribution in [0, 0.1) is 0 Å². The first-order valence-corrected chi connectivity index (χ1v) is 9.73. The zero-order valence-electron chi connectivity index (χ0n) is 17.0. The molecule has 0 bridgehead atoms. The summed E-state index contributed by atoms with van der Waals surface area (Å²) in [5.74, 6) is 0.201. The number of fused-ring (bicyclic) bond motifs is 1. The van der Waals surface area contributed by atoms with E-state index in [0.717, 1.165) is 0 Å². The Morgan fingerprint density at radius 3 is 2.50 bits per heavy atom. The standard InChI is InChI=1S/C22H24N4O4/c1-3-30-16-10-8-15(9-11-16)24-21(28)14-26-19-7-5-4-6-17(19)25-18(22(26)29)12-13-20(27)23-2/h4-11H,3,12-14H2,1-2H3,(H,23,27)(H,24,28). The first kappa shape index (κ1) is 21.0. The third kappa shape index (κ3) is 5.02. The lowest BCUT2D eigenvalue weighted by molar-refractivity contribution is -0.120. The zero-order valence-corrected chi connectivity index (χ0v) is 17.0. The third-order valence-corrected chi connectivity index (χ3v) is 4.54. The van der Waals surface area contributed by atoms with Gasteiger partial charge in [0, 0.05) is 25.6 Å². The van der Waals surface area contributed by atoms with Crippen molar-refractivity contribution in [2.45, 2.75) is 26.3 Å². The number of rotatable bonds is 8. The van der Waals surface area contributed by atoms with Gasteiger partial charge in [0.2, 0.25) is 11.8 Å². The summed E-state index contributed by atoms with van der Waals surface area (Å²) in [4.78, 5) is 41.6. The van der Waals surface area contributed by atoms with Gasteiger partial charge in [0.15, 0.2) is 0 Å². The molecule has 2 amide bonds. The van der Waals surface area contributed by atoms with E-state index in [-0.39, 0.29) is 42.5 Å². The molecule has 0 spiro atoms. The molecule has 8 nitrogen and oxygen atoms in total. The predicted molar refractivity (Wildman–Crippen MR) is 115 cm³/mol. The number of nitrogens with zero attached hydrogens (tertiary/aromatic N) is 2. The van der Waals surface area contributed by atoms with Crippen molar-refractivity contribution in [3.63, 3.8) is 0 Å². The minimum atomic E-state index is -0.376. The Morgan fingerprint density at radius 1 is 1.07 bits per heavy atom. The number of ether oxygens (including phenoxy) is 1. The minimum Gasteiger partial charge on any atom is -0.494 e. The van der Waals surface area contributed by atoms with Gasteiger partial charge >= 0.3 is 0 Å². The van der Waals surface area contributed by atoms with E-state index >= 15 is 0 Å². The van der Waals surface area contributed by atoms with Crippen molar-refractivity contribution in [1.29, 1.82) is 0 Å². The lowest BCUT2D eigenvalue weighted by atomic mass is 10.2. The van der Waals surface area contributed by atoms with E-state index in [1.165, 1.54) is 4.57 Å². The molecule has 0 aliphatic heterocycles. The van der Waals surface area contributed by atoms with Gasteiger partial charge in [-0.1, -0.05) is 12.1 Å². The Kier molecular flexibility index (Phi) is 6.79. The fourth-order valence-corrected chi connectivity index (χ4v) is 3.07. The molecule has 1 heterocycles. The molecule has 0 fully saturated rings. The Morgan fingerprint density at radius 2 is 1.80 bits per heavy atom. The molecular formula is C22H24N4O4. The summed E-state index contributed by atoms with van der Waals surface area (Å²) in [5.41, 5.74) is 1.64. The largest absolute Gasteiger partial charge is 0.494 e. The average Bonchev–Trinajstić information content (AvgIpc) is 2.75. The van der Waals surface area contributed by atoms with Crippen LogP contribution in [0.5, 0.6) is 5.75 Å². The molecule has 8 heteroatoms. The second-order valence-corrected chi connectivity index (χ2v) is 6.62. The van der Waals surface area contributed by atoms with Gasteiger partial charge in [-0.15, -0.1) is 0 Å². The van der Waals surface area contributed by atoms with Gasteiger partial charge in [-0.3, -0.25) is 19.0 Å². The molecular weight excluding hydrogens is 384 g/mol. The monoisotopic (exact) mass is 408 g/mol. The summed E-state index contributed by atoms with van der Waals surface area (Å²) < 4.78 is 6.79. The number of aromatic nitrogens is 2. The lowest BCUT2D eigenvalue weighted by Crippen LogP contribution is -2.31. The van der Waals surface area contributed by atoms with Crippen LogP contribution in [-0.2, 0) is 22.6 Å². The third-order valence-electron chi connectivity index (χ3n) is 4.54. The summed E-state index contributed by atoms with van der Waals surface area (Å²) in [6.07, 6.45) is 0.347. The van der Waals surface area contributed by atoms with Gasteiger partial charge in [-0.25, -0.2) is 4.98 Å². The number of amides is 2. The van der Waals surface area contributed by atoms with Gasteiger partial charge in [0.25, 0.3) is 5.56 Å². The van der Waals surface area contributed by atoms with Crippen LogP contribution in [0.3, 0.4) is 0 Å². The lowest BCUT2D eigenvalue weighted by Gasteiger charge is -2.13. The Labute approximate surface area is 173 Å². The van der Waals surface area contributed by atoms with E-state index in [1.54, 1.807) is 49.5 Å².